The average Bonchev–Trinajstić information content (AvgIpc) is 3.37. The largest absolute Gasteiger partial charge is 0.353 e. The number of pyridine rings is 1. The Morgan fingerprint density at radius 3 is 2.75 bits per heavy atom. The van der Waals surface area contributed by atoms with E-state index in [1.807, 2.05) is 6.07 Å². The number of hydrogen-bond acceptors (Lipinski definition) is 6. The van der Waals surface area contributed by atoms with Gasteiger partial charge in [-0.1, -0.05) is 11.6 Å². The molecule has 0 bridgehead atoms. The van der Waals surface area contributed by atoms with Crippen LogP contribution in [0.2, 0.25) is 5.02 Å². The third kappa shape index (κ3) is 3.93. The third-order valence-corrected chi connectivity index (χ3v) is 6.21. The molecule has 28 heavy (non-hydrogen) atoms. The van der Waals surface area contributed by atoms with Crippen LogP contribution in [0.15, 0.2) is 12.3 Å². The predicted octanol–water partition coefficient (Wildman–Crippen LogP) is 1.03. The summed E-state index contributed by atoms with van der Waals surface area (Å²) in [5.41, 5.74) is 0.456. The smallest absolute Gasteiger partial charge is 0.239 e. The number of halogens is 2. The Labute approximate surface area is 169 Å². The zero-order valence-electron chi connectivity index (χ0n) is 15.7. The van der Waals surface area contributed by atoms with Gasteiger partial charge >= 0.3 is 0 Å². The maximum absolute atomic E-state index is 13.4. The molecule has 1 aromatic heterocycles. The number of piperazine rings is 1. The number of amides is 1. The number of likely N-dealkylation sites (tertiary alicyclic amines) is 1. The summed E-state index contributed by atoms with van der Waals surface area (Å²) < 4.78 is 13.4. The summed E-state index contributed by atoms with van der Waals surface area (Å²) >= 11 is 6.28. The average molecular weight is 407 g/mol. The predicted molar refractivity (Wildman–Crippen MR) is 104 cm³/mol. The lowest BCUT2D eigenvalue weighted by Gasteiger charge is -2.38. The van der Waals surface area contributed by atoms with Crippen LogP contribution in [0.1, 0.15) is 18.4 Å². The van der Waals surface area contributed by atoms with Crippen LogP contribution >= 0.6 is 11.6 Å². The Kier molecular flexibility index (Phi) is 5.67. The first-order valence-electron chi connectivity index (χ1n) is 9.76. The van der Waals surface area contributed by atoms with Gasteiger partial charge in [0, 0.05) is 51.5 Å². The molecule has 3 fully saturated rings. The maximum Gasteiger partial charge on any atom is 0.239 e. The monoisotopic (exact) mass is 406 g/mol. The van der Waals surface area contributed by atoms with E-state index in [0.717, 1.165) is 39.1 Å². The van der Waals surface area contributed by atoms with E-state index in [0.29, 0.717) is 35.4 Å². The summed E-state index contributed by atoms with van der Waals surface area (Å²) in [5.74, 6) is 0.752. The maximum atomic E-state index is 13.4. The van der Waals surface area contributed by atoms with Gasteiger partial charge in [0.15, 0.2) is 0 Å². The molecule has 0 aromatic carbocycles. The summed E-state index contributed by atoms with van der Waals surface area (Å²) in [7, 11) is 0. The molecule has 7 nitrogen and oxygen atoms in total. The Morgan fingerprint density at radius 2 is 2.11 bits per heavy atom. The molecule has 0 spiro atoms. The molecule has 1 unspecified atom stereocenters. The normalized spacial score (nSPS) is 28.5. The van der Waals surface area contributed by atoms with Crippen molar-refractivity contribution in [2.24, 2.45) is 0 Å². The molecule has 3 aliphatic rings. The second-order valence-corrected chi connectivity index (χ2v) is 8.09. The van der Waals surface area contributed by atoms with Crippen LogP contribution in [0, 0.1) is 11.3 Å². The summed E-state index contributed by atoms with van der Waals surface area (Å²) in [6.07, 6.45) is 1.89. The van der Waals surface area contributed by atoms with Crippen LogP contribution in [-0.4, -0.2) is 84.8 Å². The van der Waals surface area contributed by atoms with E-state index < -0.39 is 6.17 Å². The molecule has 1 aromatic rings. The molecule has 4 heterocycles. The highest BCUT2D eigenvalue weighted by atomic mass is 35.5. The van der Waals surface area contributed by atoms with Gasteiger partial charge in [0.1, 0.15) is 18.1 Å². The van der Waals surface area contributed by atoms with Gasteiger partial charge in [0.05, 0.1) is 23.2 Å². The van der Waals surface area contributed by atoms with E-state index in [9.17, 15) is 9.18 Å². The van der Waals surface area contributed by atoms with Crippen molar-refractivity contribution >= 4 is 23.3 Å². The number of anilines is 1. The Hall–Kier alpha value is -1.95. The zero-order valence-corrected chi connectivity index (χ0v) is 16.4. The SMILES string of the molecule is N#Cc1cnc(N2CCN([C@@H]3CN[C@H](C(=O)N4CCC(F)C4)C3)CC2)c(Cl)c1. The van der Waals surface area contributed by atoms with Gasteiger partial charge < -0.3 is 15.1 Å². The summed E-state index contributed by atoms with van der Waals surface area (Å²) in [5, 5.41) is 12.8. The van der Waals surface area contributed by atoms with Gasteiger partial charge in [-0.2, -0.15) is 5.26 Å². The van der Waals surface area contributed by atoms with Crippen LogP contribution in [0.5, 0.6) is 0 Å². The summed E-state index contributed by atoms with van der Waals surface area (Å²) in [4.78, 5) is 23.1. The molecule has 3 atom stereocenters. The molecule has 0 radical (unpaired) electrons. The number of alkyl halides is 1. The molecule has 3 aliphatic heterocycles. The van der Waals surface area contributed by atoms with Crippen LogP contribution in [0.4, 0.5) is 10.2 Å². The van der Waals surface area contributed by atoms with Crippen molar-refractivity contribution in [1.82, 2.24) is 20.1 Å². The highest BCUT2D eigenvalue weighted by molar-refractivity contribution is 6.33. The minimum atomic E-state index is -0.878. The van der Waals surface area contributed by atoms with Gasteiger partial charge in [-0.15, -0.1) is 0 Å². The van der Waals surface area contributed by atoms with E-state index >= 15 is 0 Å². The van der Waals surface area contributed by atoms with E-state index in [2.05, 4.69) is 20.1 Å². The van der Waals surface area contributed by atoms with Gasteiger partial charge in [-0.3, -0.25) is 9.69 Å². The molecule has 150 valence electrons. The first-order chi connectivity index (χ1) is 13.5. The molecule has 1 amide bonds. The van der Waals surface area contributed by atoms with Crippen LogP contribution in [0.25, 0.3) is 0 Å². The first-order valence-corrected chi connectivity index (χ1v) is 10.1. The fraction of sp³-hybridized carbons (Fsp3) is 0.632. The quantitative estimate of drug-likeness (QED) is 0.808. The minimum Gasteiger partial charge on any atom is -0.353 e. The van der Waals surface area contributed by atoms with Gasteiger partial charge in [-0.05, 0) is 18.9 Å². The number of rotatable bonds is 3. The number of nitriles is 1. The molecule has 1 N–H and O–H groups in total. The van der Waals surface area contributed by atoms with Gasteiger partial charge in [0.2, 0.25) is 5.91 Å². The van der Waals surface area contributed by atoms with Crippen molar-refractivity contribution in [3.8, 4) is 6.07 Å². The first kappa shape index (κ1) is 19.4. The highest BCUT2D eigenvalue weighted by Crippen LogP contribution is 2.26. The molecular formula is C19H24ClFN6O. The second-order valence-electron chi connectivity index (χ2n) is 7.68. The lowest BCUT2D eigenvalue weighted by molar-refractivity contribution is -0.132. The second kappa shape index (κ2) is 8.19. The fourth-order valence-electron chi connectivity index (χ4n) is 4.34. The van der Waals surface area contributed by atoms with Gasteiger partial charge in [-0.25, -0.2) is 9.37 Å². The molecule has 9 heteroatoms. The number of hydrogen-bond donors (Lipinski definition) is 1. The lowest BCUT2D eigenvalue weighted by Crippen LogP contribution is -2.51. The lowest BCUT2D eigenvalue weighted by atomic mass is 10.1. The van der Waals surface area contributed by atoms with Crippen LogP contribution < -0.4 is 10.2 Å². The molecule has 0 aliphatic carbocycles. The van der Waals surface area contributed by atoms with E-state index in [-0.39, 0.29) is 18.5 Å². The fourth-order valence-corrected chi connectivity index (χ4v) is 4.63. The molecule has 0 saturated carbocycles. The number of carbonyl (C=O) groups excluding carboxylic acids is 1. The number of nitrogens with zero attached hydrogens (tertiary/aromatic N) is 5. The highest BCUT2D eigenvalue weighted by Gasteiger charge is 2.38. The number of aromatic nitrogens is 1. The Morgan fingerprint density at radius 1 is 1.32 bits per heavy atom. The Balaban J connectivity index is 1.30. The summed E-state index contributed by atoms with van der Waals surface area (Å²) in [6.45, 7) is 4.85. The number of carbonyl (C=O) groups is 1. The molecule has 3 saturated heterocycles. The van der Waals surface area contributed by atoms with Crippen molar-refractivity contribution < 1.29 is 9.18 Å². The van der Waals surface area contributed by atoms with E-state index in [1.165, 1.54) is 0 Å². The minimum absolute atomic E-state index is 0.0369. The van der Waals surface area contributed by atoms with Crippen molar-refractivity contribution in [3.63, 3.8) is 0 Å². The third-order valence-electron chi connectivity index (χ3n) is 5.93. The van der Waals surface area contributed by atoms with Crippen LogP contribution in [-0.2, 0) is 4.79 Å². The zero-order chi connectivity index (χ0) is 19.7. The molecular weight excluding hydrogens is 383 g/mol. The van der Waals surface area contributed by atoms with Crippen molar-refractivity contribution in [3.05, 3.63) is 22.8 Å². The van der Waals surface area contributed by atoms with Gasteiger partial charge in [0.25, 0.3) is 0 Å². The number of nitrogens with one attached hydrogen (secondary N) is 1. The van der Waals surface area contributed by atoms with E-state index in [4.69, 9.17) is 16.9 Å². The van der Waals surface area contributed by atoms with E-state index in [1.54, 1.807) is 17.2 Å². The van der Waals surface area contributed by atoms with Crippen molar-refractivity contribution in [1.29, 1.82) is 5.26 Å². The Bertz CT molecular complexity index is 778. The molecule has 4 rings (SSSR count). The van der Waals surface area contributed by atoms with Crippen molar-refractivity contribution in [2.45, 2.75) is 31.1 Å². The standard InChI is InChI=1S/C19H24ClFN6O/c20-16-7-13(9-22)10-24-18(16)26-5-3-25(4-6-26)15-8-17(23-11-15)19(28)27-2-1-14(21)12-27/h7,10,14-15,17,23H,1-6,8,11-12H2/t14?,15-,17-/m0/s1. The topological polar surface area (TPSA) is 75.5 Å². The van der Waals surface area contributed by atoms with Crippen molar-refractivity contribution in [2.75, 3.05) is 50.7 Å². The van der Waals surface area contributed by atoms with Crippen LogP contribution in [0.3, 0.4) is 0 Å². The summed E-state index contributed by atoms with van der Waals surface area (Å²) in [6, 6.07) is 3.80.